The summed E-state index contributed by atoms with van der Waals surface area (Å²) in [6.07, 6.45) is 1.45. The predicted molar refractivity (Wildman–Crippen MR) is 102 cm³/mol. The summed E-state index contributed by atoms with van der Waals surface area (Å²) in [5.41, 5.74) is 1.31. The number of aromatic nitrogens is 1. The Balaban J connectivity index is 1.39. The van der Waals surface area contributed by atoms with E-state index in [9.17, 15) is 9.18 Å². The number of methoxy groups -OCH3 is 1. The first kappa shape index (κ1) is 17.7. The molecule has 0 radical (unpaired) electrons. The predicted octanol–water partition coefficient (Wildman–Crippen LogP) is 4.13. The first-order valence-corrected chi connectivity index (χ1v) is 9.61. The highest BCUT2D eigenvalue weighted by molar-refractivity contribution is 7.20. The maximum absolute atomic E-state index is 13.3. The fourth-order valence-electron chi connectivity index (χ4n) is 3.24. The standard InChI is InChI=1S/C20H19FN2O3S/c1-25-17-5-3-2-4-15(17)19(24)23-10-8-14(9-11-23)26-20-22-16-7-6-13(21)12-18(16)27-20/h2-7,12,14H,8-11H2,1H3. The highest BCUT2D eigenvalue weighted by atomic mass is 32.1. The number of para-hydroxylation sites is 1. The van der Waals surface area contributed by atoms with Crippen molar-refractivity contribution in [2.75, 3.05) is 20.2 Å². The molecular weight excluding hydrogens is 367 g/mol. The summed E-state index contributed by atoms with van der Waals surface area (Å²) in [5, 5.41) is 0.546. The molecule has 2 aromatic carbocycles. The van der Waals surface area contributed by atoms with E-state index in [1.54, 1.807) is 25.3 Å². The second-order valence-electron chi connectivity index (χ2n) is 6.40. The largest absolute Gasteiger partial charge is 0.496 e. The van der Waals surface area contributed by atoms with Crippen LogP contribution in [0.5, 0.6) is 10.9 Å². The van der Waals surface area contributed by atoms with Crippen molar-refractivity contribution < 1.29 is 18.7 Å². The van der Waals surface area contributed by atoms with Crippen LogP contribution in [0.15, 0.2) is 42.5 Å². The van der Waals surface area contributed by atoms with Crippen molar-refractivity contribution in [3.63, 3.8) is 0 Å². The Morgan fingerprint density at radius 2 is 2.00 bits per heavy atom. The Hall–Kier alpha value is -2.67. The minimum absolute atomic E-state index is 0.00266. The van der Waals surface area contributed by atoms with Gasteiger partial charge in [0.05, 0.1) is 22.9 Å². The van der Waals surface area contributed by atoms with Crippen LogP contribution >= 0.6 is 11.3 Å². The van der Waals surface area contributed by atoms with E-state index in [4.69, 9.17) is 9.47 Å². The molecule has 1 aromatic heterocycles. The van der Waals surface area contributed by atoms with E-state index < -0.39 is 0 Å². The van der Waals surface area contributed by atoms with Crippen molar-refractivity contribution in [1.82, 2.24) is 9.88 Å². The molecule has 1 saturated heterocycles. The van der Waals surface area contributed by atoms with Crippen LogP contribution in [0, 0.1) is 5.82 Å². The molecule has 5 nitrogen and oxygen atoms in total. The van der Waals surface area contributed by atoms with Crippen LogP contribution in [-0.2, 0) is 0 Å². The summed E-state index contributed by atoms with van der Waals surface area (Å²) >= 11 is 1.34. The van der Waals surface area contributed by atoms with Crippen LogP contribution in [0.3, 0.4) is 0 Å². The summed E-state index contributed by atoms with van der Waals surface area (Å²) < 4.78 is 25.4. The number of benzene rings is 2. The molecule has 1 fully saturated rings. The molecule has 0 N–H and O–H groups in total. The number of nitrogens with zero attached hydrogens (tertiary/aromatic N) is 2. The molecule has 0 saturated carbocycles. The van der Waals surface area contributed by atoms with Crippen LogP contribution in [0.1, 0.15) is 23.2 Å². The summed E-state index contributed by atoms with van der Waals surface area (Å²) in [5.74, 6) is 0.282. The van der Waals surface area contributed by atoms with Gasteiger partial charge in [-0.15, -0.1) is 0 Å². The lowest BCUT2D eigenvalue weighted by molar-refractivity contribution is 0.0592. The van der Waals surface area contributed by atoms with Crippen molar-refractivity contribution in [3.05, 3.63) is 53.8 Å². The maximum atomic E-state index is 13.3. The van der Waals surface area contributed by atoms with Gasteiger partial charge in [-0.05, 0) is 30.3 Å². The SMILES string of the molecule is COc1ccccc1C(=O)N1CCC(Oc2nc3ccc(F)cc3s2)CC1. The van der Waals surface area contributed by atoms with E-state index in [0.717, 1.165) is 23.1 Å². The highest BCUT2D eigenvalue weighted by Gasteiger charge is 2.26. The molecule has 7 heteroatoms. The highest BCUT2D eigenvalue weighted by Crippen LogP contribution is 2.30. The van der Waals surface area contributed by atoms with E-state index in [-0.39, 0.29) is 17.8 Å². The average molecular weight is 386 g/mol. The van der Waals surface area contributed by atoms with Gasteiger partial charge < -0.3 is 14.4 Å². The molecule has 1 aliphatic rings. The van der Waals surface area contributed by atoms with Gasteiger partial charge in [0.1, 0.15) is 17.7 Å². The number of carbonyl (C=O) groups excluding carboxylic acids is 1. The Labute approximate surface area is 160 Å². The van der Waals surface area contributed by atoms with E-state index >= 15 is 0 Å². The third-order valence-electron chi connectivity index (χ3n) is 4.66. The average Bonchev–Trinajstić information content (AvgIpc) is 3.09. The molecule has 3 aromatic rings. The number of ether oxygens (including phenoxy) is 2. The number of hydrogen-bond acceptors (Lipinski definition) is 5. The second-order valence-corrected chi connectivity index (χ2v) is 7.39. The lowest BCUT2D eigenvalue weighted by atomic mass is 10.1. The van der Waals surface area contributed by atoms with Gasteiger partial charge in [-0.1, -0.05) is 23.5 Å². The van der Waals surface area contributed by atoms with Crippen molar-refractivity contribution in [2.45, 2.75) is 18.9 Å². The molecule has 1 amide bonds. The van der Waals surface area contributed by atoms with Crippen molar-refractivity contribution >= 4 is 27.5 Å². The van der Waals surface area contributed by atoms with Gasteiger partial charge in [-0.2, -0.15) is 0 Å². The number of amides is 1. The normalized spacial score (nSPS) is 15.1. The number of piperidine rings is 1. The number of likely N-dealkylation sites (tertiary alicyclic amines) is 1. The number of hydrogen-bond donors (Lipinski definition) is 0. The molecule has 0 unspecified atom stereocenters. The zero-order valence-corrected chi connectivity index (χ0v) is 15.7. The summed E-state index contributed by atoms with van der Waals surface area (Å²) in [4.78, 5) is 19.0. The van der Waals surface area contributed by atoms with Gasteiger partial charge in [0.15, 0.2) is 0 Å². The number of fused-ring (bicyclic) bond motifs is 1. The maximum Gasteiger partial charge on any atom is 0.274 e. The smallest absolute Gasteiger partial charge is 0.274 e. The summed E-state index contributed by atoms with van der Waals surface area (Å²) in [6.45, 7) is 1.22. The van der Waals surface area contributed by atoms with Crippen molar-refractivity contribution in [3.8, 4) is 10.9 Å². The van der Waals surface area contributed by atoms with Crippen molar-refractivity contribution in [2.24, 2.45) is 0 Å². The fourth-order valence-corrected chi connectivity index (χ4v) is 4.14. The Bertz CT molecular complexity index is 967. The van der Waals surface area contributed by atoms with Gasteiger partial charge in [0.25, 0.3) is 11.1 Å². The van der Waals surface area contributed by atoms with Gasteiger partial charge >= 0.3 is 0 Å². The summed E-state index contributed by atoms with van der Waals surface area (Å²) in [7, 11) is 1.57. The van der Waals surface area contributed by atoms with Crippen LogP contribution in [0.2, 0.25) is 0 Å². The third-order valence-corrected chi connectivity index (χ3v) is 5.57. The molecular formula is C20H19FN2O3S. The van der Waals surface area contributed by atoms with E-state index in [0.29, 0.717) is 29.6 Å². The second kappa shape index (κ2) is 7.52. The Morgan fingerprint density at radius 1 is 1.22 bits per heavy atom. The van der Waals surface area contributed by atoms with Gasteiger partial charge in [-0.3, -0.25) is 4.79 Å². The van der Waals surface area contributed by atoms with Gasteiger partial charge in [0, 0.05) is 25.9 Å². The summed E-state index contributed by atoms with van der Waals surface area (Å²) in [6, 6.07) is 11.8. The first-order chi connectivity index (χ1) is 13.1. The minimum atomic E-state index is -0.277. The van der Waals surface area contributed by atoms with Crippen molar-refractivity contribution in [1.29, 1.82) is 0 Å². The molecule has 2 heterocycles. The Morgan fingerprint density at radius 3 is 2.78 bits per heavy atom. The van der Waals surface area contributed by atoms with E-state index in [1.165, 1.54) is 23.5 Å². The number of rotatable bonds is 4. The first-order valence-electron chi connectivity index (χ1n) is 8.79. The quantitative estimate of drug-likeness (QED) is 0.677. The number of carbonyl (C=O) groups is 1. The lowest BCUT2D eigenvalue weighted by Gasteiger charge is -2.31. The molecule has 4 rings (SSSR count). The lowest BCUT2D eigenvalue weighted by Crippen LogP contribution is -2.41. The Kier molecular flexibility index (Phi) is 4.94. The fraction of sp³-hybridized carbons (Fsp3) is 0.300. The number of halogens is 1. The van der Waals surface area contributed by atoms with Crippen LogP contribution in [0.25, 0.3) is 10.2 Å². The zero-order valence-electron chi connectivity index (χ0n) is 14.9. The van der Waals surface area contributed by atoms with Crippen LogP contribution in [0.4, 0.5) is 4.39 Å². The zero-order chi connectivity index (χ0) is 18.8. The molecule has 0 aliphatic carbocycles. The molecule has 1 aliphatic heterocycles. The monoisotopic (exact) mass is 386 g/mol. The van der Waals surface area contributed by atoms with E-state index in [1.807, 2.05) is 17.0 Å². The molecule has 0 bridgehead atoms. The molecule has 140 valence electrons. The van der Waals surface area contributed by atoms with E-state index in [2.05, 4.69) is 4.98 Å². The molecule has 27 heavy (non-hydrogen) atoms. The molecule has 0 spiro atoms. The van der Waals surface area contributed by atoms with Crippen LogP contribution < -0.4 is 9.47 Å². The van der Waals surface area contributed by atoms with Gasteiger partial charge in [0.2, 0.25) is 0 Å². The minimum Gasteiger partial charge on any atom is -0.496 e. The third kappa shape index (κ3) is 3.73. The topological polar surface area (TPSA) is 51.7 Å². The van der Waals surface area contributed by atoms with Gasteiger partial charge in [-0.25, -0.2) is 9.37 Å². The van der Waals surface area contributed by atoms with Crippen LogP contribution in [-0.4, -0.2) is 42.1 Å². The number of thiazole rings is 1. The molecule has 0 atom stereocenters.